The molecule has 0 fully saturated rings. The quantitative estimate of drug-likeness (QED) is 0.117. The van der Waals surface area contributed by atoms with E-state index >= 15 is 0 Å². The first kappa shape index (κ1) is 34.8. The number of fused-ring (bicyclic) bond motifs is 9. The Hall–Kier alpha value is -6.30. The maximum absolute atomic E-state index is 4.72. The molecule has 6 aromatic rings. The number of hydrogen-bond acceptors (Lipinski definition) is 6. The van der Waals surface area contributed by atoms with Crippen LogP contribution in [-0.4, -0.2) is 106 Å². The van der Waals surface area contributed by atoms with E-state index in [1.54, 1.807) is 0 Å². The minimum absolute atomic E-state index is 0.521. The van der Waals surface area contributed by atoms with Crippen molar-refractivity contribution in [2.75, 3.05) is 39.3 Å². The number of nitrogens with one attached hydrogen (secondary N) is 6. The number of hydrogen-bond donors (Lipinski definition) is 6. The van der Waals surface area contributed by atoms with E-state index in [0.29, 0.717) is 39.3 Å². The van der Waals surface area contributed by atoms with Crippen LogP contribution in [0, 0.1) is 0 Å². The topological polar surface area (TPSA) is 169 Å². The molecule has 3 aliphatic rings. The zero-order valence-corrected chi connectivity index (χ0v) is 30.7. The molecule has 54 heavy (non-hydrogen) atoms. The number of aromatic amines is 6. The molecular weight excluding hydrogens is 673 g/mol. The predicted molar refractivity (Wildman–Crippen MR) is 220 cm³/mol. The molecule has 12 nitrogen and oxygen atoms in total. The molecule has 0 spiro atoms. The van der Waals surface area contributed by atoms with Crippen molar-refractivity contribution in [3.05, 3.63) is 141 Å². The summed E-state index contributed by atoms with van der Waals surface area (Å²) in [4.78, 5) is 50.4. The highest BCUT2D eigenvalue weighted by molar-refractivity contribution is 5.81. The Bertz CT molecular complexity index is 1940. The lowest BCUT2D eigenvalue weighted by atomic mass is 9.76. The summed E-state index contributed by atoms with van der Waals surface area (Å²) in [5.74, 6) is 0. The van der Waals surface area contributed by atoms with Gasteiger partial charge in [0.15, 0.2) is 0 Å². The van der Waals surface area contributed by atoms with Crippen molar-refractivity contribution < 1.29 is 0 Å². The number of rotatable bonds is 2. The van der Waals surface area contributed by atoms with Gasteiger partial charge in [-0.25, -0.2) is 0 Å². The fourth-order valence-corrected chi connectivity index (χ4v) is 7.75. The number of aliphatic imine (C=N–C) groups is 6. The molecule has 0 aromatic carbocycles. The summed E-state index contributed by atoms with van der Waals surface area (Å²) >= 11 is 0. The summed E-state index contributed by atoms with van der Waals surface area (Å²) in [5.41, 5.74) is 10.9. The van der Waals surface area contributed by atoms with E-state index in [9.17, 15) is 0 Å². The van der Waals surface area contributed by atoms with Gasteiger partial charge in [0.1, 0.15) is 0 Å². The average molecular weight is 719 g/mol. The Labute approximate surface area is 314 Å². The van der Waals surface area contributed by atoms with E-state index in [1.165, 1.54) is 0 Å². The van der Waals surface area contributed by atoms with Crippen LogP contribution < -0.4 is 0 Å². The molecule has 9 heterocycles. The normalized spacial score (nSPS) is 20.6. The van der Waals surface area contributed by atoms with Crippen molar-refractivity contribution >= 4 is 37.3 Å². The van der Waals surface area contributed by atoms with Gasteiger partial charge in [-0.05, 0) is 85.6 Å². The fourth-order valence-electron chi connectivity index (χ4n) is 7.75. The molecule has 0 radical (unpaired) electrons. The molecular formula is C42H46N12. The van der Waals surface area contributed by atoms with Gasteiger partial charge in [0.25, 0.3) is 0 Å². The summed E-state index contributed by atoms with van der Waals surface area (Å²) in [5, 5.41) is 0. The maximum atomic E-state index is 4.72. The van der Waals surface area contributed by atoms with Gasteiger partial charge in [-0.1, -0.05) is 13.8 Å². The molecule has 12 heteroatoms. The van der Waals surface area contributed by atoms with Gasteiger partial charge in [-0.3, -0.25) is 30.0 Å². The van der Waals surface area contributed by atoms with Crippen molar-refractivity contribution in [1.82, 2.24) is 29.9 Å². The van der Waals surface area contributed by atoms with Crippen LogP contribution in [0.2, 0.25) is 0 Å². The van der Waals surface area contributed by atoms with E-state index < -0.39 is 10.8 Å². The first-order valence-corrected chi connectivity index (χ1v) is 18.8. The highest BCUT2D eigenvalue weighted by Gasteiger charge is 2.40. The summed E-state index contributed by atoms with van der Waals surface area (Å²) in [6.07, 6.45) is 13.0. The van der Waals surface area contributed by atoms with Crippen LogP contribution in [0.3, 0.4) is 0 Å². The second-order valence-electron chi connectivity index (χ2n) is 13.7. The minimum Gasteiger partial charge on any atom is -0.357 e. The SMILES string of the molecule is CCC12c3ccc([nH]3)C=NCCN=Cc3ccc([nH]3)C(CC)(c3ccc([nH]3)C=NCCN=Cc3ccc1[nH]3)c1ccc([nH]1)C=NCCN=Cc1ccc2[nH]1. The number of aromatic nitrogens is 6. The molecule has 0 saturated carbocycles. The van der Waals surface area contributed by atoms with Gasteiger partial charge in [-0.2, -0.15) is 0 Å². The van der Waals surface area contributed by atoms with Crippen LogP contribution in [0.15, 0.2) is 103 Å². The first-order valence-electron chi connectivity index (χ1n) is 18.8. The zero-order chi connectivity index (χ0) is 36.8. The van der Waals surface area contributed by atoms with Crippen molar-refractivity contribution in [2.24, 2.45) is 30.0 Å². The Morgan fingerprint density at radius 3 is 0.685 bits per heavy atom. The minimum atomic E-state index is -0.521. The summed E-state index contributed by atoms with van der Waals surface area (Å²) in [6, 6.07) is 25.4. The molecule has 0 aliphatic carbocycles. The molecule has 0 saturated heterocycles. The Morgan fingerprint density at radius 1 is 0.333 bits per heavy atom. The maximum Gasteiger partial charge on any atom is 0.0898 e. The summed E-state index contributed by atoms with van der Waals surface area (Å²) < 4.78 is 0. The molecule has 0 unspecified atom stereocenters. The third-order valence-electron chi connectivity index (χ3n) is 10.5. The molecule has 3 aliphatic heterocycles. The van der Waals surface area contributed by atoms with E-state index in [-0.39, 0.29) is 0 Å². The van der Waals surface area contributed by atoms with Gasteiger partial charge in [-0.15, -0.1) is 0 Å². The van der Waals surface area contributed by atoms with Crippen LogP contribution in [0.4, 0.5) is 0 Å². The van der Waals surface area contributed by atoms with Gasteiger partial charge >= 0.3 is 0 Å². The number of nitrogens with zero attached hydrogens (tertiary/aromatic N) is 6. The fraction of sp³-hybridized carbons (Fsp3) is 0.286. The monoisotopic (exact) mass is 718 g/mol. The Kier molecular flexibility index (Phi) is 9.89. The molecule has 274 valence electrons. The Morgan fingerprint density at radius 2 is 0.519 bits per heavy atom. The molecule has 6 aromatic heterocycles. The number of H-pyrrole nitrogens is 6. The van der Waals surface area contributed by atoms with Gasteiger partial charge < -0.3 is 29.9 Å². The molecule has 6 N–H and O–H groups in total. The lowest BCUT2D eigenvalue weighted by Gasteiger charge is -2.31. The van der Waals surface area contributed by atoms with E-state index in [4.69, 9.17) is 30.0 Å². The third-order valence-corrected chi connectivity index (χ3v) is 10.5. The first-order chi connectivity index (χ1) is 26.6. The van der Waals surface area contributed by atoms with E-state index in [2.05, 4.69) is 117 Å². The highest BCUT2D eigenvalue weighted by atomic mass is 14.9. The second-order valence-corrected chi connectivity index (χ2v) is 13.7. The Balaban J connectivity index is 1.25. The van der Waals surface area contributed by atoms with Crippen molar-refractivity contribution in [3.8, 4) is 0 Å². The smallest absolute Gasteiger partial charge is 0.0898 e. The van der Waals surface area contributed by atoms with E-state index in [0.717, 1.165) is 81.2 Å². The van der Waals surface area contributed by atoms with Gasteiger partial charge in [0, 0.05) is 71.5 Å². The molecule has 0 atom stereocenters. The lowest BCUT2D eigenvalue weighted by molar-refractivity contribution is 0.549. The zero-order valence-electron chi connectivity index (χ0n) is 30.7. The van der Waals surface area contributed by atoms with Crippen LogP contribution in [0.5, 0.6) is 0 Å². The van der Waals surface area contributed by atoms with Gasteiger partial charge in [0.2, 0.25) is 0 Å². The molecule has 14 bridgehead atoms. The highest BCUT2D eigenvalue weighted by Crippen LogP contribution is 2.42. The average Bonchev–Trinajstić information content (AvgIpc) is 4.04. The van der Waals surface area contributed by atoms with Crippen LogP contribution in [0.1, 0.15) is 95.0 Å². The van der Waals surface area contributed by atoms with Crippen LogP contribution in [0.25, 0.3) is 0 Å². The lowest BCUT2D eigenvalue weighted by Crippen LogP contribution is -2.30. The van der Waals surface area contributed by atoms with E-state index in [1.807, 2.05) is 37.3 Å². The molecule has 9 rings (SSSR count). The third kappa shape index (κ3) is 6.70. The van der Waals surface area contributed by atoms with Crippen molar-refractivity contribution in [2.45, 2.75) is 37.5 Å². The van der Waals surface area contributed by atoms with Crippen LogP contribution in [-0.2, 0) is 10.8 Å². The van der Waals surface area contributed by atoms with Crippen molar-refractivity contribution in [1.29, 1.82) is 0 Å². The van der Waals surface area contributed by atoms with Crippen molar-refractivity contribution in [3.63, 3.8) is 0 Å². The standard InChI is InChI=1S/C42H46N12/c1-3-41-35-11-5-29(49-35)23-43-17-20-46-26-32-8-14-38(52-32)42(4-2,39-15-9-33(53-39)27-47-21-18-44-24-30-6-12-36(41)50-30)40-16-10-34(54-40)28-48-22-19-45-25-31-7-13-37(41)51-31/h5-16,23-28,49-54H,3-4,17-22H2,1-2H3. The summed E-state index contributed by atoms with van der Waals surface area (Å²) in [6.45, 7) is 7.80. The molecule has 0 amide bonds. The van der Waals surface area contributed by atoms with Crippen LogP contribution >= 0.6 is 0 Å². The largest absolute Gasteiger partial charge is 0.357 e. The second kappa shape index (κ2) is 15.4. The predicted octanol–water partition coefficient (Wildman–Crippen LogP) is 6.38. The summed E-state index contributed by atoms with van der Waals surface area (Å²) in [7, 11) is 0. The van der Waals surface area contributed by atoms with Gasteiger partial charge in [0.05, 0.1) is 84.3 Å².